The summed E-state index contributed by atoms with van der Waals surface area (Å²) in [6.07, 6.45) is 1.52. The van der Waals surface area contributed by atoms with Crippen LogP contribution in [0.3, 0.4) is 0 Å². The van der Waals surface area contributed by atoms with Crippen molar-refractivity contribution in [2.75, 3.05) is 5.32 Å². The predicted molar refractivity (Wildman–Crippen MR) is 102 cm³/mol. The average molecular weight is 354 g/mol. The van der Waals surface area contributed by atoms with Crippen molar-refractivity contribution < 1.29 is 14.3 Å². The molecule has 0 spiro atoms. The first kappa shape index (κ1) is 18.1. The number of anilines is 1. The molecule has 0 atom stereocenters. The molecule has 3 rings (SSSR count). The second-order valence-corrected chi connectivity index (χ2v) is 6.88. The summed E-state index contributed by atoms with van der Waals surface area (Å²) >= 11 is 0. The summed E-state index contributed by atoms with van der Waals surface area (Å²) in [5.74, 6) is 0.862. The van der Waals surface area contributed by atoms with Crippen LogP contribution in [-0.4, -0.2) is 24.3 Å². The van der Waals surface area contributed by atoms with Crippen LogP contribution in [0.1, 0.15) is 32.3 Å². The van der Waals surface area contributed by atoms with Crippen LogP contribution in [0.4, 0.5) is 10.5 Å². The Kier molecular flexibility index (Phi) is 6.00. The Morgan fingerprint density at radius 1 is 1.04 bits per heavy atom. The Balaban J connectivity index is 1.40. The zero-order valence-corrected chi connectivity index (χ0v) is 15.3. The molecule has 0 unspecified atom stereocenters. The fourth-order valence-electron chi connectivity index (χ4n) is 2.95. The molecule has 2 aromatic carbocycles. The molecule has 0 saturated heterocycles. The smallest absolute Gasteiger partial charge is 0.407 e. The monoisotopic (exact) mass is 354 g/mol. The van der Waals surface area contributed by atoms with E-state index in [-0.39, 0.29) is 18.2 Å². The predicted octanol–water partition coefficient (Wildman–Crippen LogP) is 4.34. The topological polar surface area (TPSA) is 59.6 Å². The first-order chi connectivity index (χ1) is 12.6. The number of alkyl carbamates (subject to hydrolysis) is 1. The second-order valence-electron chi connectivity index (χ2n) is 6.88. The van der Waals surface area contributed by atoms with Gasteiger partial charge in [-0.3, -0.25) is 0 Å². The van der Waals surface area contributed by atoms with E-state index in [1.807, 2.05) is 68.4 Å². The van der Waals surface area contributed by atoms with Crippen LogP contribution in [-0.2, 0) is 11.3 Å². The molecule has 138 valence electrons. The van der Waals surface area contributed by atoms with Gasteiger partial charge >= 0.3 is 6.09 Å². The molecule has 0 radical (unpaired) electrons. The van der Waals surface area contributed by atoms with Crippen molar-refractivity contribution in [3.05, 3.63) is 60.2 Å². The zero-order chi connectivity index (χ0) is 18.4. The maximum atomic E-state index is 11.9. The highest BCUT2D eigenvalue weighted by atomic mass is 16.5. The van der Waals surface area contributed by atoms with Crippen LogP contribution < -0.4 is 15.4 Å². The lowest BCUT2D eigenvalue weighted by Crippen LogP contribution is -2.49. The first-order valence-corrected chi connectivity index (χ1v) is 9.09. The molecule has 1 aliphatic carbocycles. The molecule has 1 aliphatic rings. The fourth-order valence-corrected chi connectivity index (χ4v) is 2.95. The van der Waals surface area contributed by atoms with Crippen molar-refractivity contribution in [2.45, 2.75) is 51.5 Å². The summed E-state index contributed by atoms with van der Waals surface area (Å²) in [4.78, 5) is 11.9. The van der Waals surface area contributed by atoms with Crippen molar-refractivity contribution in [3.8, 4) is 5.75 Å². The number of hydrogen-bond donors (Lipinski definition) is 2. The lowest BCUT2D eigenvalue weighted by atomic mass is 9.86. The average Bonchev–Trinajstić information content (AvgIpc) is 2.60. The van der Waals surface area contributed by atoms with Gasteiger partial charge in [-0.2, -0.15) is 0 Å². The second kappa shape index (κ2) is 8.61. The highest BCUT2D eigenvalue weighted by Crippen LogP contribution is 2.30. The van der Waals surface area contributed by atoms with E-state index in [2.05, 4.69) is 10.6 Å². The van der Waals surface area contributed by atoms with Gasteiger partial charge < -0.3 is 20.1 Å². The van der Waals surface area contributed by atoms with Crippen molar-refractivity contribution in [2.24, 2.45) is 0 Å². The van der Waals surface area contributed by atoms with Gasteiger partial charge in [-0.25, -0.2) is 4.79 Å². The standard InChI is InChI=1S/C21H26N2O3/c1-15(2)26-20-11-7-6-10-19(20)22-17-12-18(13-17)23-21(24)25-14-16-8-4-3-5-9-16/h3-11,15,17-18,22H,12-14H2,1-2H3,(H,23,24). The van der Waals surface area contributed by atoms with Crippen molar-refractivity contribution in [1.82, 2.24) is 5.32 Å². The van der Waals surface area contributed by atoms with Crippen molar-refractivity contribution in [1.29, 1.82) is 0 Å². The van der Waals surface area contributed by atoms with E-state index >= 15 is 0 Å². The number of para-hydroxylation sites is 2. The Labute approximate surface area is 154 Å². The Morgan fingerprint density at radius 2 is 1.73 bits per heavy atom. The van der Waals surface area contributed by atoms with Gasteiger partial charge in [0.05, 0.1) is 11.8 Å². The molecule has 0 aliphatic heterocycles. The number of nitrogens with one attached hydrogen (secondary N) is 2. The third kappa shape index (κ3) is 5.15. The van der Waals surface area contributed by atoms with Gasteiger partial charge in [0.15, 0.2) is 0 Å². The van der Waals surface area contributed by atoms with Crippen LogP contribution in [0.5, 0.6) is 5.75 Å². The van der Waals surface area contributed by atoms with Gasteiger partial charge in [0, 0.05) is 12.1 Å². The molecule has 1 amide bonds. The number of carbonyl (C=O) groups excluding carboxylic acids is 1. The maximum Gasteiger partial charge on any atom is 0.407 e. The number of benzene rings is 2. The van der Waals surface area contributed by atoms with Gasteiger partial charge in [-0.15, -0.1) is 0 Å². The van der Waals surface area contributed by atoms with E-state index in [9.17, 15) is 4.79 Å². The van der Waals surface area contributed by atoms with E-state index in [0.29, 0.717) is 12.6 Å². The van der Waals surface area contributed by atoms with E-state index < -0.39 is 0 Å². The Hall–Kier alpha value is -2.69. The first-order valence-electron chi connectivity index (χ1n) is 9.09. The van der Waals surface area contributed by atoms with Crippen LogP contribution in [0, 0.1) is 0 Å². The van der Waals surface area contributed by atoms with E-state index in [1.165, 1.54) is 0 Å². The molecular weight excluding hydrogens is 328 g/mol. The largest absolute Gasteiger partial charge is 0.489 e. The molecule has 0 bridgehead atoms. The van der Waals surface area contributed by atoms with Gasteiger partial charge in [-0.1, -0.05) is 42.5 Å². The molecule has 1 saturated carbocycles. The molecule has 2 N–H and O–H groups in total. The van der Waals surface area contributed by atoms with E-state index in [0.717, 1.165) is 29.8 Å². The highest BCUT2D eigenvalue weighted by molar-refractivity contribution is 5.68. The zero-order valence-electron chi connectivity index (χ0n) is 15.3. The normalized spacial score (nSPS) is 18.7. The molecule has 26 heavy (non-hydrogen) atoms. The molecule has 5 heteroatoms. The number of carbonyl (C=O) groups is 1. The van der Waals surface area contributed by atoms with E-state index in [1.54, 1.807) is 0 Å². The fraction of sp³-hybridized carbons (Fsp3) is 0.381. The lowest BCUT2D eigenvalue weighted by Gasteiger charge is -2.37. The lowest BCUT2D eigenvalue weighted by molar-refractivity contribution is 0.129. The number of hydrogen-bond acceptors (Lipinski definition) is 4. The number of amides is 1. The van der Waals surface area contributed by atoms with E-state index in [4.69, 9.17) is 9.47 Å². The van der Waals surface area contributed by atoms with Crippen LogP contribution in [0.25, 0.3) is 0 Å². The summed E-state index contributed by atoms with van der Waals surface area (Å²) in [5.41, 5.74) is 1.98. The van der Waals surface area contributed by atoms with Crippen LogP contribution in [0.2, 0.25) is 0 Å². The number of ether oxygens (including phenoxy) is 2. The summed E-state index contributed by atoms with van der Waals surface area (Å²) in [6, 6.07) is 18.1. The molecule has 5 nitrogen and oxygen atoms in total. The summed E-state index contributed by atoms with van der Waals surface area (Å²) in [7, 11) is 0. The quantitative estimate of drug-likeness (QED) is 0.776. The molecule has 2 aromatic rings. The van der Waals surface area contributed by atoms with Crippen molar-refractivity contribution >= 4 is 11.8 Å². The van der Waals surface area contributed by atoms with Crippen molar-refractivity contribution in [3.63, 3.8) is 0 Å². The number of rotatable bonds is 7. The summed E-state index contributed by atoms with van der Waals surface area (Å²) in [5, 5.41) is 6.41. The highest BCUT2D eigenvalue weighted by Gasteiger charge is 2.31. The third-order valence-electron chi connectivity index (χ3n) is 4.28. The molecule has 0 heterocycles. The summed E-state index contributed by atoms with van der Waals surface area (Å²) in [6.45, 7) is 4.32. The minimum atomic E-state index is -0.360. The molecule has 1 fully saturated rings. The van der Waals surface area contributed by atoms with Crippen LogP contribution >= 0.6 is 0 Å². The van der Waals surface area contributed by atoms with Gasteiger partial charge in [0.2, 0.25) is 0 Å². The Morgan fingerprint density at radius 3 is 2.46 bits per heavy atom. The van der Waals surface area contributed by atoms with Gasteiger partial charge in [0.1, 0.15) is 12.4 Å². The minimum Gasteiger partial charge on any atom is -0.489 e. The maximum absolute atomic E-state index is 11.9. The molecular formula is C21H26N2O3. The summed E-state index contributed by atoms with van der Waals surface area (Å²) < 4.78 is 11.1. The third-order valence-corrected chi connectivity index (χ3v) is 4.28. The van der Waals surface area contributed by atoms with Gasteiger partial charge in [-0.05, 0) is 44.4 Å². The SMILES string of the molecule is CC(C)Oc1ccccc1NC1CC(NC(=O)OCc2ccccc2)C1. The van der Waals surface area contributed by atoms with Gasteiger partial charge in [0.25, 0.3) is 0 Å². The Bertz CT molecular complexity index is 712. The molecule has 0 aromatic heterocycles. The van der Waals surface area contributed by atoms with Crippen LogP contribution in [0.15, 0.2) is 54.6 Å². The minimum absolute atomic E-state index is 0.133.